The highest BCUT2D eigenvalue weighted by Crippen LogP contribution is 2.05. The van der Waals surface area contributed by atoms with Gasteiger partial charge in [0.25, 0.3) is 20.2 Å². The van der Waals surface area contributed by atoms with Gasteiger partial charge in [-0.1, -0.05) is 6.92 Å². The second-order valence-corrected chi connectivity index (χ2v) is 10.4. The molecule has 0 spiro atoms. The van der Waals surface area contributed by atoms with Crippen molar-refractivity contribution in [1.29, 1.82) is 0 Å². The van der Waals surface area contributed by atoms with Crippen molar-refractivity contribution in [3.05, 3.63) is 0 Å². The number of rotatable bonds is 14. The largest absolute Gasteiger partial charge is 0.289 e. The zero-order valence-corrected chi connectivity index (χ0v) is 16.2. The molecule has 0 aliphatic heterocycles. The van der Waals surface area contributed by atoms with Crippen LogP contribution in [0.3, 0.4) is 0 Å². The molecule has 0 saturated carbocycles. The maximum absolute atomic E-state index is 11.5. The molecule has 0 heterocycles. The van der Waals surface area contributed by atoms with Crippen LogP contribution in [0, 0.1) is 0 Å². The lowest BCUT2D eigenvalue weighted by molar-refractivity contribution is 0.314. The Morgan fingerprint density at radius 3 is 1.78 bits per heavy atom. The van der Waals surface area contributed by atoms with E-state index in [2.05, 4.69) is 8.37 Å². The molecule has 0 aliphatic carbocycles. The average Bonchev–Trinajstić information content (AvgIpc) is 2.46. The summed E-state index contributed by atoms with van der Waals surface area (Å²) in [7, 11) is -9.13. The first-order chi connectivity index (χ1) is 10.6. The Balaban J connectivity index is 4.02. The molecule has 0 fully saturated rings. The lowest BCUT2D eigenvalue weighted by atomic mass is 10.4. The van der Waals surface area contributed by atoms with Crippen molar-refractivity contribution in [1.82, 2.24) is 0 Å². The van der Waals surface area contributed by atoms with Gasteiger partial charge in [0.1, 0.15) is 5.94 Å². The smallest absolute Gasteiger partial charge is 0.268 e. The van der Waals surface area contributed by atoms with E-state index in [0.717, 1.165) is 0 Å². The molecule has 9 nitrogen and oxygen atoms in total. The van der Waals surface area contributed by atoms with Gasteiger partial charge in [-0.05, 0) is 19.3 Å². The first-order valence-electron chi connectivity index (χ1n) is 6.64. The fourth-order valence-electron chi connectivity index (χ4n) is 1.14. The summed E-state index contributed by atoms with van der Waals surface area (Å²) in [5.74, 6) is -1.81. The lowest BCUT2D eigenvalue weighted by Crippen LogP contribution is -2.17. The van der Waals surface area contributed by atoms with Crippen molar-refractivity contribution < 1.29 is 37.8 Å². The van der Waals surface area contributed by atoms with Crippen LogP contribution in [0.2, 0.25) is 0 Å². The lowest BCUT2D eigenvalue weighted by Gasteiger charge is -2.06. The summed E-state index contributed by atoms with van der Waals surface area (Å²) in [6.07, 6.45) is 2.01. The molecule has 0 N–H and O–H groups in total. The first-order valence-corrected chi connectivity index (χ1v) is 12.8. The molecule has 0 aromatic carbocycles. The van der Waals surface area contributed by atoms with Gasteiger partial charge in [-0.3, -0.25) is 16.8 Å². The average molecular weight is 415 g/mol. The third-order valence-electron chi connectivity index (χ3n) is 2.18. The molecule has 0 aromatic rings. The van der Waals surface area contributed by atoms with Gasteiger partial charge in [0.05, 0.1) is 18.1 Å². The third-order valence-corrected chi connectivity index (χ3v) is 6.19. The van der Waals surface area contributed by atoms with Gasteiger partial charge in [-0.15, -0.1) is 0 Å². The van der Waals surface area contributed by atoms with E-state index in [1.807, 2.05) is 6.92 Å². The minimum absolute atomic E-state index is 0.0303. The van der Waals surface area contributed by atoms with Gasteiger partial charge < -0.3 is 0 Å². The quantitative estimate of drug-likeness (QED) is 0.281. The third kappa shape index (κ3) is 14.2. The number of unbranched alkanes of at least 4 members (excludes halogenated alkanes) is 1. The van der Waals surface area contributed by atoms with E-state index < -0.39 is 59.7 Å². The van der Waals surface area contributed by atoms with Gasteiger partial charge in [-0.2, -0.15) is 16.8 Å². The summed E-state index contributed by atoms with van der Waals surface area (Å²) in [6, 6.07) is 0. The second-order valence-electron chi connectivity index (χ2n) is 4.40. The highest BCUT2D eigenvalue weighted by Gasteiger charge is 2.16. The molecule has 23 heavy (non-hydrogen) atoms. The molecule has 140 valence electrons. The van der Waals surface area contributed by atoms with Crippen molar-refractivity contribution in [3.63, 3.8) is 0 Å². The van der Waals surface area contributed by atoms with Gasteiger partial charge in [0.2, 0.25) is 0 Å². The Morgan fingerprint density at radius 2 is 1.35 bits per heavy atom. The molecule has 0 rings (SSSR count). The van der Waals surface area contributed by atoms with E-state index in [1.165, 1.54) is 6.26 Å². The Labute approximate surface area is 142 Å². The molecule has 0 saturated heterocycles. The van der Waals surface area contributed by atoms with Crippen LogP contribution in [-0.2, 0) is 54.7 Å². The van der Waals surface area contributed by atoms with Crippen LogP contribution in [0.4, 0.5) is 0 Å². The Morgan fingerprint density at radius 1 is 0.870 bits per heavy atom. The van der Waals surface area contributed by atoms with Crippen LogP contribution in [0.25, 0.3) is 0 Å². The monoisotopic (exact) mass is 414 g/mol. The molecule has 0 amide bonds. The van der Waals surface area contributed by atoms with E-state index in [9.17, 15) is 25.3 Å². The van der Waals surface area contributed by atoms with Gasteiger partial charge in [0, 0.05) is 17.1 Å². The molecule has 0 radical (unpaired) electrons. The fourth-order valence-corrected chi connectivity index (χ4v) is 4.94. The minimum atomic E-state index is -3.90. The molecule has 2 atom stereocenters. The van der Waals surface area contributed by atoms with Gasteiger partial charge in [-0.25, -0.2) is 4.21 Å². The van der Waals surface area contributed by atoms with E-state index >= 15 is 0 Å². The molecule has 0 aliphatic rings. The summed E-state index contributed by atoms with van der Waals surface area (Å²) >= 11 is -1.84. The SMILES string of the molecule is CCCOS(=O)COS(=O)(=O)CCCCS(=O)(=O)OCS(C)=O. The summed E-state index contributed by atoms with van der Waals surface area (Å²) in [5, 5.41) is 0. The molecule has 13 heteroatoms. The van der Waals surface area contributed by atoms with Crippen molar-refractivity contribution >= 4 is 42.1 Å². The summed E-state index contributed by atoms with van der Waals surface area (Å²) in [4.78, 5) is 0. The maximum Gasteiger partial charge on any atom is 0.268 e. The van der Waals surface area contributed by atoms with Crippen molar-refractivity contribution in [2.75, 3.05) is 36.2 Å². The van der Waals surface area contributed by atoms with Crippen molar-refractivity contribution in [2.24, 2.45) is 0 Å². The fraction of sp³-hybridized carbons (Fsp3) is 1.00. The van der Waals surface area contributed by atoms with E-state index in [1.54, 1.807) is 0 Å². The predicted octanol–water partition coefficient (Wildman–Crippen LogP) is -0.157. The predicted molar refractivity (Wildman–Crippen MR) is 87.2 cm³/mol. The van der Waals surface area contributed by atoms with Crippen LogP contribution in [-0.4, -0.2) is 61.5 Å². The normalized spacial score (nSPS) is 15.4. The first kappa shape index (κ1) is 23.1. The maximum atomic E-state index is 11.5. The topological polar surface area (TPSA) is 130 Å². The molecule has 2 unspecified atom stereocenters. The van der Waals surface area contributed by atoms with Crippen LogP contribution >= 0.6 is 0 Å². The highest BCUT2D eigenvalue weighted by atomic mass is 32.2. The molecular formula is C10H22O9S4. The Hall–Kier alpha value is 0.0800. The van der Waals surface area contributed by atoms with Crippen molar-refractivity contribution in [3.8, 4) is 0 Å². The zero-order chi connectivity index (χ0) is 17.9. The standard InChI is InChI=1S/C10H22O9S4/c1-3-6-17-21(12)10-19-23(15,16)8-5-4-7-22(13,14)18-9-20(2)11/h3-10H2,1-2H3. The van der Waals surface area contributed by atoms with Crippen LogP contribution in [0.5, 0.6) is 0 Å². The van der Waals surface area contributed by atoms with E-state index in [0.29, 0.717) is 6.42 Å². The number of hydrogen-bond acceptors (Lipinski definition) is 9. The summed E-state index contributed by atoms with van der Waals surface area (Å²) < 4.78 is 81.5. The van der Waals surface area contributed by atoms with E-state index in [-0.39, 0.29) is 25.2 Å². The molecule has 0 aromatic heterocycles. The zero-order valence-electron chi connectivity index (χ0n) is 13.0. The van der Waals surface area contributed by atoms with Crippen LogP contribution < -0.4 is 0 Å². The van der Waals surface area contributed by atoms with Gasteiger partial charge >= 0.3 is 0 Å². The summed E-state index contributed by atoms with van der Waals surface area (Å²) in [5.41, 5.74) is 0. The van der Waals surface area contributed by atoms with E-state index in [4.69, 9.17) is 4.18 Å². The summed E-state index contributed by atoms with van der Waals surface area (Å²) in [6.45, 7) is 2.04. The Bertz CT molecular complexity index is 581. The minimum Gasteiger partial charge on any atom is -0.289 e. The number of hydrogen-bond donors (Lipinski definition) is 0. The van der Waals surface area contributed by atoms with Crippen LogP contribution in [0.15, 0.2) is 0 Å². The van der Waals surface area contributed by atoms with Crippen LogP contribution in [0.1, 0.15) is 26.2 Å². The highest BCUT2D eigenvalue weighted by molar-refractivity contribution is 7.88. The molecular weight excluding hydrogens is 392 g/mol. The van der Waals surface area contributed by atoms with Crippen molar-refractivity contribution in [2.45, 2.75) is 26.2 Å². The second kappa shape index (κ2) is 11.6. The van der Waals surface area contributed by atoms with Gasteiger partial charge in [0.15, 0.2) is 17.0 Å². The molecule has 0 bridgehead atoms. The Kier molecular flexibility index (Phi) is 11.6.